The Labute approximate surface area is 144 Å². The second-order valence-electron chi connectivity index (χ2n) is 5.75. The van der Waals surface area contributed by atoms with Gasteiger partial charge in [-0.3, -0.25) is 10.1 Å². The number of carbonyl (C=O) groups excluding carboxylic acids is 1. The van der Waals surface area contributed by atoms with Gasteiger partial charge in [0.15, 0.2) is 0 Å². The van der Waals surface area contributed by atoms with Crippen molar-refractivity contribution in [3.63, 3.8) is 0 Å². The number of carbonyl (C=O) groups is 1. The van der Waals surface area contributed by atoms with Gasteiger partial charge in [0.1, 0.15) is 12.3 Å². The minimum atomic E-state index is -0.672. The second-order valence-corrected chi connectivity index (χ2v) is 5.75. The molecule has 1 aliphatic rings. The summed E-state index contributed by atoms with van der Waals surface area (Å²) in [4.78, 5) is 22.9. The van der Waals surface area contributed by atoms with Gasteiger partial charge in [0.2, 0.25) is 0 Å². The highest BCUT2D eigenvalue weighted by atomic mass is 16.6. The first kappa shape index (κ1) is 16.5. The molecule has 2 aromatic carbocycles. The fourth-order valence-electron chi connectivity index (χ4n) is 2.36. The number of hydrogen-bond acceptors (Lipinski definition) is 6. The monoisotopic (exact) mass is 337 g/mol. The number of rotatable bonds is 6. The van der Waals surface area contributed by atoms with Crippen LogP contribution in [0.1, 0.15) is 34.3 Å². The zero-order chi connectivity index (χ0) is 17.8. The van der Waals surface area contributed by atoms with Crippen LogP contribution in [-0.4, -0.2) is 16.9 Å². The van der Waals surface area contributed by atoms with Crippen molar-refractivity contribution in [1.29, 1.82) is 5.26 Å². The Balaban J connectivity index is 1.74. The number of benzene rings is 2. The molecular formula is C18H15N3O4. The molecule has 7 nitrogen and oxygen atoms in total. The van der Waals surface area contributed by atoms with E-state index in [1.165, 1.54) is 18.2 Å². The lowest BCUT2D eigenvalue weighted by atomic mass is 10.1. The quantitative estimate of drug-likeness (QED) is 0.492. The number of nitriles is 1. The van der Waals surface area contributed by atoms with E-state index in [-0.39, 0.29) is 23.9 Å². The molecule has 0 spiro atoms. The summed E-state index contributed by atoms with van der Waals surface area (Å²) in [7, 11) is 0. The molecule has 2 aromatic rings. The molecule has 126 valence electrons. The predicted octanol–water partition coefficient (Wildman–Crippen LogP) is 3.40. The van der Waals surface area contributed by atoms with Gasteiger partial charge in [-0.05, 0) is 31.0 Å². The smallest absolute Gasteiger partial charge is 0.338 e. The van der Waals surface area contributed by atoms with Crippen LogP contribution in [0.15, 0.2) is 42.5 Å². The third-order valence-corrected chi connectivity index (χ3v) is 3.86. The van der Waals surface area contributed by atoms with E-state index in [2.05, 4.69) is 5.32 Å². The molecule has 0 bridgehead atoms. The highest BCUT2D eigenvalue weighted by Gasteiger charge is 2.25. The van der Waals surface area contributed by atoms with Crippen LogP contribution in [-0.2, 0) is 11.3 Å². The maximum Gasteiger partial charge on any atom is 0.338 e. The molecule has 0 amide bonds. The van der Waals surface area contributed by atoms with Crippen molar-refractivity contribution in [2.24, 2.45) is 0 Å². The molecule has 7 heteroatoms. The normalized spacial score (nSPS) is 12.9. The maximum absolute atomic E-state index is 12.2. The fraction of sp³-hybridized carbons (Fsp3) is 0.222. The summed E-state index contributed by atoms with van der Waals surface area (Å²) in [5, 5.41) is 23.3. The van der Waals surface area contributed by atoms with Crippen LogP contribution in [0, 0.1) is 21.4 Å². The molecule has 1 N–H and O–H groups in total. The number of nitro groups is 1. The van der Waals surface area contributed by atoms with Gasteiger partial charge in [0, 0.05) is 17.7 Å². The molecule has 0 heterocycles. The molecule has 0 saturated heterocycles. The minimum absolute atomic E-state index is 0.0710. The van der Waals surface area contributed by atoms with Crippen molar-refractivity contribution in [3.05, 3.63) is 69.3 Å². The molecule has 0 radical (unpaired) electrons. The van der Waals surface area contributed by atoms with Crippen molar-refractivity contribution >= 4 is 17.3 Å². The minimum Gasteiger partial charge on any atom is -0.457 e. The summed E-state index contributed by atoms with van der Waals surface area (Å²) in [6.45, 7) is -0.0710. The molecular weight excluding hydrogens is 322 g/mol. The Morgan fingerprint density at radius 3 is 2.76 bits per heavy atom. The van der Waals surface area contributed by atoms with Crippen molar-refractivity contribution in [3.8, 4) is 6.07 Å². The predicted molar refractivity (Wildman–Crippen MR) is 90.0 cm³/mol. The maximum atomic E-state index is 12.2. The van der Waals surface area contributed by atoms with Gasteiger partial charge >= 0.3 is 5.97 Å². The lowest BCUT2D eigenvalue weighted by molar-refractivity contribution is -0.384. The number of esters is 1. The zero-order valence-corrected chi connectivity index (χ0v) is 13.3. The standard InChI is InChI=1S/C18H15N3O4/c19-10-13-3-1-2-4-14(13)11-25-18(22)12-5-8-16(20-15-6-7-15)17(9-12)21(23)24/h1-5,8-9,15,20H,6-7,11H2. The number of hydrogen-bond donors (Lipinski definition) is 1. The van der Waals surface area contributed by atoms with E-state index in [1.807, 2.05) is 6.07 Å². The van der Waals surface area contributed by atoms with Crippen molar-refractivity contribution < 1.29 is 14.5 Å². The van der Waals surface area contributed by atoms with Crippen LogP contribution in [0.4, 0.5) is 11.4 Å². The van der Waals surface area contributed by atoms with Gasteiger partial charge in [0.25, 0.3) is 5.69 Å². The Kier molecular flexibility index (Phi) is 4.61. The Bertz CT molecular complexity index is 869. The molecule has 1 fully saturated rings. The molecule has 1 saturated carbocycles. The first-order chi connectivity index (χ1) is 12.1. The molecule has 0 unspecified atom stereocenters. The van der Waals surface area contributed by atoms with E-state index in [9.17, 15) is 14.9 Å². The summed E-state index contributed by atoms with van der Waals surface area (Å²) in [5.74, 6) is -0.672. The summed E-state index contributed by atoms with van der Waals surface area (Å²) >= 11 is 0. The van der Waals surface area contributed by atoms with Crippen LogP contribution in [0.25, 0.3) is 0 Å². The van der Waals surface area contributed by atoms with E-state index in [0.29, 0.717) is 16.8 Å². The summed E-state index contributed by atoms with van der Waals surface area (Å²) < 4.78 is 5.19. The van der Waals surface area contributed by atoms with Gasteiger partial charge in [0.05, 0.1) is 22.1 Å². The topological polar surface area (TPSA) is 105 Å². The molecule has 0 atom stereocenters. The Morgan fingerprint density at radius 1 is 1.32 bits per heavy atom. The average Bonchev–Trinajstić information content (AvgIpc) is 3.44. The fourth-order valence-corrected chi connectivity index (χ4v) is 2.36. The van der Waals surface area contributed by atoms with Crippen LogP contribution >= 0.6 is 0 Å². The van der Waals surface area contributed by atoms with Gasteiger partial charge in [-0.2, -0.15) is 5.26 Å². The molecule has 1 aliphatic carbocycles. The lowest BCUT2D eigenvalue weighted by Crippen LogP contribution is -2.09. The molecule has 0 aromatic heterocycles. The van der Waals surface area contributed by atoms with E-state index in [1.54, 1.807) is 24.3 Å². The summed E-state index contributed by atoms with van der Waals surface area (Å²) in [6, 6.07) is 13.3. The number of nitro benzene ring substituents is 1. The van der Waals surface area contributed by atoms with E-state index >= 15 is 0 Å². The third-order valence-electron chi connectivity index (χ3n) is 3.86. The first-order valence-electron chi connectivity index (χ1n) is 7.78. The van der Waals surface area contributed by atoms with Crippen molar-refractivity contribution in [1.82, 2.24) is 0 Å². The average molecular weight is 337 g/mol. The summed E-state index contributed by atoms with van der Waals surface area (Å²) in [6.07, 6.45) is 1.97. The third kappa shape index (κ3) is 3.93. The van der Waals surface area contributed by atoms with Crippen molar-refractivity contribution in [2.75, 3.05) is 5.32 Å². The van der Waals surface area contributed by atoms with Crippen molar-refractivity contribution in [2.45, 2.75) is 25.5 Å². The highest BCUT2D eigenvalue weighted by molar-refractivity contribution is 5.91. The van der Waals surface area contributed by atoms with E-state index in [0.717, 1.165) is 12.8 Å². The second kappa shape index (κ2) is 7.01. The SMILES string of the molecule is N#Cc1ccccc1COC(=O)c1ccc(NC2CC2)c([N+](=O)[O-])c1. The van der Waals surface area contributed by atoms with E-state index in [4.69, 9.17) is 10.00 Å². The number of nitrogens with one attached hydrogen (secondary N) is 1. The van der Waals surface area contributed by atoms with Gasteiger partial charge in [-0.1, -0.05) is 18.2 Å². The molecule has 0 aliphatic heterocycles. The van der Waals surface area contributed by atoms with Gasteiger partial charge < -0.3 is 10.1 Å². The largest absolute Gasteiger partial charge is 0.457 e. The lowest BCUT2D eigenvalue weighted by Gasteiger charge is -2.09. The number of anilines is 1. The van der Waals surface area contributed by atoms with Crippen LogP contribution in [0.2, 0.25) is 0 Å². The first-order valence-corrected chi connectivity index (χ1v) is 7.78. The zero-order valence-electron chi connectivity index (χ0n) is 13.3. The van der Waals surface area contributed by atoms with Gasteiger partial charge in [-0.15, -0.1) is 0 Å². The van der Waals surface area contributed by atoms with Gasteiger partial charge in [-0.25, -0.2) is 4.79 Å². The number of ether oxygens (including phenoxy) is 1. The Morgan fingerprint density at radius 2 is 2.08 bits per heavy atom. The highest BCUT2D eigenvalue weighted by Crippen LogP contribution is 2.31. The summed E-state index contributed by atoms with van der Waals surface area (Å²) in [5.41, 5.74) is 1.35. The number of nitrogens with zero attached hydrogens (tertiary/aromatic N) is 2. The Hall–Kier alpha value is -3.40. The molecule has 25 heavy (non-hydrogen) atoms. The van der Waals surface area contributed by atoms with Crippen LogP contribution < -0.4 is 5.32 Å². The molecule has 3 rings (SSSR count). The van der Waals surface area contributed by atoms with Crippen LogP contribution in [0.3, 0.4) is 0 Å². The van der Waals surface area contributed by atoms with E-state index < -0.39 is 10.9 Å². The van der Waals surface area contributed by atoms with Crippen LogP contribution in [0.5, 0.6) is 0 Å².